The number of ether oxygens (including phenoxy) is 1. The summed E-state index contributed by atoms with van der Waals surface area (Å²) < 4.78 is 19.5. The number of nitrogens with one attached hydrogen (secondary N) is 1. The Morgan fingerprint density at radius 1 is 1.40 bits per heavy atom. The van der Waals surface area contributed by atoms with Gasteiger partial charge in [0.1, 0.15) is 6.07 Å². The van der Waals surface area contributed by atoms with E-state index < -0.39 is 5.82 Å². The predicted molar refractivity (Wildman–Crippen MR) is 79.2 cm³/mol. The van der Waals surface area contributed by atoms with Gasteiger partial charge in [-0.3, -0.25) is 4.90 Å². The average Bonchev–Trinajstić information content (AvgIpc) is 2.49. The van der Waals surface area contributed by atoms with E-state index in [2.05, 4.69) is 26.1 Å². The van der Waals surface area contributed by atoms with Gasteiger partial charge in [0.2, 0.25) is 0 Å². The van der Waals surface area contributed by atoms with Gasteiger partial charge in [-0.1, -0.05) is 0 Å². The normalized spacial score (nSPS) is 15.8. The summed E-state index contributed by atoms with van der Waals surface area (Å²) in [6, 6.07) is 5.15. The molecule has 0 bridgehead atoms. The summed E-state index contributed by atoms with van der Waals surface area (Å²) in [6.45, 7) is 5.21. The van der Waals surface area contributed by atoms with Gasteiger partial charge in [0.25, 0.3) is 0 Å². The molecule has 0 amide bonds. The molecule has 0 radical (unpaired) electrons. The molecule has 0 atom stereocenters. The van der Waals surface area contributed by atoms with Gasteiger partial charge in [-0.25, -0.2) is 4.39 Å². The van der Waals surface area contributed by atoms with E-state index in [9.17, 15) is 4.39 Å². The van der Waals surface area contributed by atoms with E-state index in [1.807, 2.05) is 6.07 Å². The maximum absolute atomic E-state index is 13.9. The topological polar surface area (TPSA) is 48.3 Å². The van der Waals surface area contributed by atoms with Crippen LogP contribution in [0.1, 0.15) is 12.0 Å². The van der Waals surface area contributed by atoms with Crippen LogP contribution in [0, 0.1) is 17.1 Å². The summed E-state index contributed by atoms with van der Waals surface area (Å²) in [5, 5.41) is 11.9. The molecule has 1 fully saturated rings. The van der Waals surface area contributed by atoms with Crippen LogP contribution in [0.25, 0.3) is 0 Å². The highest BCUT2D eigenvalue weighted by Gasteiger charge is 2.12. The van der Waals surface area contributed by atoms with Gasteiger partial charge in [-0.05, 0) is 41.0 Å². The van der Waals surface area contributed by atoms with Crippen LogP contribution in [0.4, 0.5) is 10.1 Å². The van der Waals surface area contributed by atoms with Crippen LogP contribution in [0.5, 0.6) is 0 Å². The number of nitriles is 1. The van der Waals surface area contributed by atoms with E-state index in [1.54, 1.807) is 12.1 Å². The number of hydrogen-bond acceptors (Lipinski definition) is 4. The van der Waals surface area contributed by atoms with Crippen molar-refractivity contribution in [1.82, 2.24) is 4.90 Å². The Bertz CT molecular complexity index is 498. The van der Waals surface area contributed by atoms with Gasteiger partial charge in [-0.15, -0.1) is 0 Å². The summed E-state index contributed by atoms with van der Waals surface area (Å²) in [4.78, 5) is 2.34. The minimum Gasteiger partial charge on any atom is -0.383 e. The SMILES string of the molecule is N#Cc1ccc(NCCCN2CCOCC2)c(F)c1Br. The Hall–Kier alpha value is -1.16. The van der Waals surface area contributed by atoms with Gasteiger partial charge < -0.3 is 10.1 Å². The Balaban J connectivity index is 1.79. The van der Waals surface area contributed by atoms with Crippen LogP contribution in [0.2, 0.25) is 0 Å². The van der Waals surface area contributed by atoms with Crippen LogP contribution >= 0.6 is 15.9 Å². The molecule has 20 heavy (non-hydrogen) atoms. The number of hydrogen-bond donors (Lipinski definition) is 1. The Kier molecular flexibility index (Phi) is 5.77. The number of halogens is 2. The molecule has 1 heterocycles. The summed E-state index contributed by atoms with van der Waals surface area (Å²) >= 11 is 3.10. The molecule has 0 saturated carbocycles. The average molecular weight is 342 g/mol. The van der Waals surface area contributed by atoms with Crippen LogP contribution in [0.3, 0.4) is 0 Å². The molecule has 1 N–H and O–H groups in total. The summed E-state index contributed by atoms with van der Waals surface area (Å²) in [5.74, 6) is -0.407. The third-order valence-electron chi connectivity index (χ3n) is 3.27. The van der Waals surface area contributed by atoms with E-state index in [1.165, 1.54) is 0 Å². The second-order valence-electron chi connectivity index (χ2n) is 4.63. The van der Waals surface area contributed by atoms with Crippen molar-refractivity contribution in [3.8, 4) is 6.07 Å². The van der Waals surface area contributed by atoms with E-state index in [4.69, 9.17) is 10.00 Å². The van der Waals surface area contributed by atoms with Gasteiger partial charge in [0.15, 0.2) is 5.82 Å². The Labute approximate surface area is 126 Å². The third-order valence-corrected chi connectivity index (χ3v) is 4.05. The van der Waals surface area contributed by atoms with Crippen LogP contribution in [-0.4, -0.2) is 44.3 Å². The highest BCUT2D eigenvalue weighted by atomic mass is 79.9. The first-order valence-corrected chi connectivity index (χ1v) is 7.43. The molecule has 0 aliphatic carbocycles. The lowest BCUT2D eigenvalue weighted by Crippen LogP contribution is -2.37. The zero-order chi connectivity index (χ0) is 14.4. The lowest BCUT2D eigenvalue weighted by molar-refractivity contribution is 0.0378. The molecule has 0 unspecified atom stereocenters. The summed E-state index contributed by atoms with van der Waals surface area (Å²) in [5.41, 5.74) is 0.735. The van der Waals surface area contributed by atoms with E-state index in [0.29, 0.717) is 17.8 Å². The summed E-state index contributed by atoms with van der Waals surface area (Å²) in [7, 11) is 0. The molecular formula is C14H17BrFN3O. The molecule has 1 aromatic rings. The third kappa shape index (κ3) is 3.92. The maximum Gasteiger partial charge on any atom is 0.161 e. The number of rotatable bonds is 5. The first kappa shape index (κ1) is 15.2. The smallest absolute Gasteiger partial charge is 0.161 e. The molecule has 4 nitrogen and oxygen atoms in total. The largest absolute Gasteiger partial charge is 0.383 e. The van der Waals surface area contributed by atoms with Crippen LogP contribution in [-0.2, 0) is 4.74 Å². The molecule has 108 valence electrons. The minimum absolute atomic E-state index is 0.221. The van der Waals surface area contributed by atoms with Crippen molar-refractivity contribution >= 4 is 21.6 Å². The fraction of sp³-hybridized carbons (Fsp3) is 0.500. The summed E-state index contributed by atoms with van der Waals surface area (Å²) in [6.07, 6.45) is 0.942. The van der Waals surface area contributed by atoms with E-state index in [-0.39, 0.29) is 4.47 Å². The number of morpholine rings is 1. The highest BCUT2D eigenvalue weighted by molar-refractivity contribution is 9.10. The van der Waals surface area contributed by atoms with E-state index >= 15 is 0 Å². The van der Waals surface area contributed by atoms with Crippen molar-refractivity contribution in [2.75, 3.05) is 44.7 Å². The van der Waals surface area contributed by atoms with Crippen LogP contribution in [0.15, 0.2) is 16.6 Å². The van der Waals surface area contributed by atoms with Gasteiger partial charge in [0, 0.05) is 19.6 Å². The second-order valence-corrected chi connectivity index (χ2v) is 5.43. The zero-order valence-electron chi connectivity index (χ0n) is 11.2. The van der Waals surface area contributed by atoms with Crippen molar-refractivity contribution < 1.29 is 9.13 Å². The van der Waals surface area contributed by atoms with Crippen molar-refractivity contribution in [3.63, 3.8) is 0 Å². The second kappa shape index (κ2) is 7.58. The molecule has 6 heteroatoms. The van der Waals surface area contributed by atoms with Crippen LogP contribution < -0.4 is 5.32 Å². The molecule has 1 saturated heterocycles. The fourth-order valence-corrected chi connectivity index (χ4v) is 2.56. The molecule has 1 aliphatic rings. The van der Waals surface area contributed by atoms with Crippen molar-refractivity contribution in [2.45, 2.75) is 6.42 Å². The predicted octanol–water partition coefficient (Wildman–Crippen LogP) is 2.59. The van der Waals surface area contributed by atoms with Crippen molar-refractivity contribution in [3.05, 3.63) is 28.0 Å². The number of anilines is 1. The lowest BCUT2D eigenvalue weighted by Gasteiger charge is -2.26. The molecule has 1 aliphatic heterocycles. The zero-order valence-corrected chi connectivity index (χ0v) is 12.7. The lowest BCUT2D eigenvalue weighted by atomic mass is 10.2. The van der Waals surface area contributed by atoms with Crippen molar-refractivity contribution in [2.24, 2.45) is 0 Å². The first-order valence-electron chi connectivity index (χ1n) is 6.64. The Morgan fingerprint density at radius 2 is 2.15 bits per heavy atom. The van der Waals surface area contributed by atoms with Gasteiger partial charge >= 0.3 is 0 Å². The molecule has 0 aromatic heterocycles. The van der Waals surface area contributed by atoms with Gasteiger partial charge in [-0.2, -0.15) is 5.26 Å². The highest BCUT2D eigenvalue weighted by Crippen LogP contribution is 2.26. The fourth-order valence-electron chi connectivity index (χ4n) is 2.12. The monoisotopic (exact) mass is 341 g/mol. The molecular weight excluding hydrogens is 325 g/mol. The quantitative estimate of drug-likeness (QED) is 0.836. The molecule has 1 aromatic carbocycles. The Morgan fingerprint density at radius 3 is 2.85 bits per heavy atom. The number of benzene rings is 1. The standard InChI is InChI=1S/C14H17BrFN3O/c15-13-11(10-17)2-3-12(14(13)16)18-4-1-5-19-6-8-20-9-7-19/h2-3,18H,1,4-9H2. The van der Waals surface area contributed by atoms with E-state index in [0.717, 1.165) is 39.3 Å². The van der Waals surface area contributed by atoms with Gasteiger partial charge in [0.05, 0.1) is 28.9 Å². The molecule has 0 spiro atoms. The number of nitrogens with zero attached hydrogens (tertiary/aromatic N) is 2. The minimum atomic E-state index is -0.407. The molecule has 2 rings (SSSR count). The maximum atomic E-state index is 13.9. The first-order chi connectivity index (χ1) is 9.72. The van der Waals surface area contributed by atoms with Crippen molar-refractivity contribution in [1.29, 1.82) is 5.26 Å².